The minimum atomic E-state index is -2.82. The Balaban J connectivity index is 1.27. The molecule has 1 spiro atoms. The third kappa shape index (κ3) is 4.51. The lowest BCUT2D eigenvalue weighted by Gasteiger charge is -2.46. The van der Waals surface area contributed by atoms with E-state index in [-0.39, 0.29) is 0 Å². The molecule has 250 valence electrons. The summed E-state index contributed by atoms with van der Waals surface area (Å²) >= 11 is 1.93. The molecular weight excluding hydrogens is 695 g/mol. The lowest BCUT2D eigenvalue weighted by molar-refractivity contribution is 0.669. The molecule has 0 amide bonds. The summed E-state index contributed by atoms with van der Waals surface area (Å²) in [5.41, 5.74) is 5.19. The second-order valence-electron chi connectivity index (χ2n) is 14.0. The van der Waals surface area contributed by atoms with Crippen molar-refractivity contribution in [1.29, 1.82) is 0 Å². The maximum Gasteiger partial charge on any atom is 0.181 e. The van der Waals surface area contributed by atoms with Gasteiger partial charge in [-0.15, -0.1) is 0 Å². The summed E-state index contributed by atoms with van der Waals surface area (Å²) in [6.07, 6.45) is 0. The largest absolute Gasteiger partial charge is 0.456 e. The Labute approximate surface area is 315 Å². The zero-order chi connectivity index (χ0) is 34.9. The van der Waals surface area contributed by atoms with Crippen LogP contribution in [-0.4, -0.2) is 16.9 Å². The van der Waals surface area contributed by atoms with Gasteiger partial charge in [-0.05, 0) is 75.3 Å². The van der Waals surface area contributed by atoms with E-state index in [2.05, 4.69) is 199 Å². The number of nitrogens with zero attached hydrogens (tertiary/aromatic N) is 1. The van der Waals surface area contributed by atoms with Gasteiger partial charge in [0.05, 0.1) is 11.1 Å². The van der Waals surface area contributed by atoms with Crippen molar-refractivity contribution in [3.8, 4) is 0 Å². The van der Waals surface area contributed by atoms with Crippen LogP contribution in [0.3, 0.4) is 0 Å². The molecule has 0 fully saturated rings. The smallest absolute Gasteiger partial charge is 0.181 e. The van der Waals surface area contributed by atoms with Gasteiger partial charge in [-0.3, -0.25) is 0 Å². The van der Waals surface area contributed by atoms with Crippen LogP contribution in [0.2, 0.25) is 0 Å². The SMILES string of the molecule is c1ccc(N(c2ccc3c(c2)[Si]2(c4ccccc4Sc4ccccc42)c2ccccc2[SiH]3c2ccccc2)c2cccc3oc4ccccc4c23)cc1. The van der Waals surface area contributed by atoms with Crippen molar-refractivity contribution in [1.82, 2.24) is 0 Å². The minimum absolute atomic E-state index is 0.895. The van der Waals surface area contributed by atoms with Gasteiger partial charge in [0.15, 0.2) is 8.07 Å². The molecule has 0 radical (unpaired) electrons. The molecule has 0 saturated carbocycles. The van der Waals surface area contributed by atoms with Crippen LogP contribution in [0.25, 0.3) is 21.9 Å². The Hall–Kier alpha value is -5.86. The quantitative estimate of drug-likeness (QED) is 0.175. The molecule has 3 heterocycles. The first-order valence-corrected chi connectivity index (χ1v) is 22.8. The second kappa shape index (κ2) is 12.1. The van der Waals surface area contributed by atoms with Crippen molar-refractivity contribution in [3.05, 3.63) is 194 Å². The highest BCUT2D eigenvalue weighted by atomic mass is 32.2. The van der Waals surface area contributed by atoms with Crippen LogP contribution in [0.15, 0.2) is 208 Å². The molecule has 11 rings (SSSR count). The van der Waals surface area contributed by atoms with E-state index in [4.69, 9.17) is 4.42 Å². The highest BCUT2D eigenvalue weighted by Crippen LogP contribution is 2.43. The summed E-state index contributed by atoms with van der Waals surface area (Å²) in [4.78, 5) is 5.21. The van der Waals surface area contributed by atoms with E-state index in [1.165, 1.54) is 35.7 Å². The monoisotopic (exact) mass is 727 g/mol. The Morgan fingerprint density at radius 1 is 0.453 bits per heavy atom. The molecule has 8 aromatic carbocycles. The number of benzene rings is 8. The van der Waals surface area contributed by atoms with E-state index in [0.717, 1.165) is 39.0 Å². The van der Waals surface area contributed by atoms with Gasteiger partial charge < -0.3 is 9.32 Å². The number of fused-ring (bicyclic) bond motifs is 11. The van der Waals surface area contributed by atoms with Crippen LogP contribution in [0.1, 0.15) is 0 Å². The molecule has 1 atom stereocenters. The molecule has 53 heavy (non-hydrogen) atoms. The van der Waals surface area contributed by atoms with Gasteiger partial charge in [-0.1, -0.05) is 167 Å². The summed E-state index contributed by atoms with van der Waals surface area (Å²) in [7, 11) is -4.70. The van der Waals surface area contributed by atoms with Crippen molar-refractivity contribution in [2.45, 2.75) is 9.79 Å². The van der Waals surface area contributed by atoms with Crippen molar-refractivity contribution >= 4 is 104 Å². The summed E-state index contributed by atoms with van der Waals surface area (Å²) < 4.78 is 6.46. The van der Waals surface area contributed by atoms with Gasteiger partial charge in [0.25, 0.3) is 0 Å². The molecule has 2 aliphatic heterocycles. The lowest BCUT2D eigenvalue weighted by atomic mass is 10.1. The predicted molar refractivity (Wildman–Crippen MR) is 229 cm³/mol. The molecular formula is C48H33NOSSi2. The molecule has 2 nitrogen and oxygen atoms in total. The Kier molecular flexibility index (Phi) is 7.02. The Morgan fingerprint density at radius 2 is 1.06 bits per heavy atom. The summed E-state index contributed by atoms with van der Waals surface area (Å²) in [6.45, 7) is 0. The van der Waals surface area contributed by atoms with Crippen molar-refractivity contribution in [2.24, 2.45) is 0 Å². The number of rotatable bonds is 4. The van der Waals surface area contributed by atoms with Gasteiger partial charge >= 0.3 is 0 Å². The van der Waals surface area contributed by atoms with Gasteiger partial charge in [0.1, 0.15) is 20.0 Å². The van der Waals surface area contributed by atoms with Crippen molar-refractivity contribution in [3.63, 3.8) is 0 Å². The predicted octanol–water partition coefficient (Wildman–Crippen LogP) is 7.46. The fourth-order valence-corrected chi connectivity index (χ4v) is 21.6. The minimum Gasteiger partial charge on any atom is -0.456 e. The molecule has 0 bridgehead atoms. The van der Waals surface area contributed by atoms with E-state index >= 15 is 0 Å². The lowest BCUT2D eigenvalue weighted by Crippen LogP contribution is -2.87. The first-order chi connectivity index (χ1) is 26.3. The molecule has 1 aromatic heterocycles. The fraction of sp³-hybridized carbons (Fsp3) is 0. The summed E-state index contributed by atoms with van der Waals surface area (Å²) in [5.74, 6) is 0. The number of hydrogen-bond donors (Lipinski definition) is 0. The normalized spacial score (nSPS) is 15.1. The van der Waals surface area contributed by atoms with E-state index in [1.807, 2.05) is 11.8 Å². The number of furan rings is 1. The van der Waals surface area contributed by atoms with E-state index in [9.17, 15) is 0 Å². The summed E-state index contributed by atoms with van der Waals surface area (Å²) in [5, 5.41) is 12.8. The van der Waals surface area contributed by atoms with Crippen LogP contribution in [0, 0.1) is 0 Å². The molecule has 2 aliphatic rings. The Morgan fingerprint density at radius 3 is 1.83 bits per heavy atom. The third-order valence-corrected chi connectivity index (χ3v) is 21.6. The average molecular weight is 728 g/mol. The fourth-order valence-electron chi connectivity index (χ4n) is 9.19. The molecule has 0 N–H and O–H groups in total. The number of para-hydroxylation sites is 2. The molecule has 9 aromatic rings. The van der Waals surface area contributed by atoms with Gasteiger partial charge in [-0.2, -0.15) is 0 Å². The van der Waals surface area contributed by atoms with Crippen LogP contribution in [0.4, 0.5) is 17.1 Å². The van der Waals surface area contributed by atoms with Gasteiger partial charge in [-0.25, -0.2) is 0 Å². The topological polar surface area (TPSA) is 16.4 Å². The number of hydrogen-bond acceptors (Lipinski definition) is 3. The van der Waals surface area contributed by atoms with Crippen molar-refractivity contribution < 1.29 is 4.42 Å². The third-order valence-electron chi connectivity index (χ3n) is 11.3. The Bertz CT molecular complexity index is 2810. The van der Waals surface area contributed by atoms with Gasteiger partial charge in [0, 0.05) is 26.6 Å². The first kappa shape index (κ1) is 30.7. The van der Waals surface area contributed by atoms with Crippen LogP contribution >= 0.6 is 11.8 Å². The van der Waals surface area contributed by atoms with Gasteiger partial charge in [0.2, 0.25) is 0 Å². The zero-order valence-electron chi connectivity index (χ0n) is 28.8. The summed E-state index contributed by atoms with van der Waals surface area (Å²) in [6, 6.07) is 72.6. The van der Waals surface area contributed by atoms with Crippen LogP contribution in [-0.2, 0) is 0 Å². The highest BCUT2D eigenvalue weighted by molar-refractivity contribution is 8.00. The maximum atomic E-state index is 6.46. The number of anilines is 3. The maximum absolute atomic E-state index is 6.46. The molecule has 1 unspecified atom stereocenters. The van der Waals surface area contributed by atoms with E-state index in [0.29, 0.717) is 0 Å². The highest BCUT2D eigenvalue weighted by Gasteiger charge is 2.53. The van der Waals surface area contributed by atoms with E-state index < -0.39 is 16.9 Å². The molecule has 0 aliphatic carbocycles. The van der Waals surface area contributed by atoms with E-state index in [1.54, 1.807) is 10.4 Å². The standard InChI is InChI=1S/C48H33NOSSi2/c1-3-16-33(17-4-1)49(37-21-15-23-39-48(37)36-20-7-8-22-38(36)50-39)34-30-31-43-47(32-34)53(44-27-12-9-24-40(44)51-41-25-10-13-28-45(41)53)46-29-14-11-26-42(46)52(43)35-18-5-2-6-19-35/h1-32,52H. The van der Waals surface area contributed by atoms with Crippen LogP contribution < -0.4 is 41.2 Å². The van der Waals surface area contributed by atoms with Crippen molar-refractivity contribution in [2.75, 3.05) is 4.90 Å². The zero-order valence-corrected chi connectivity index (χ0v) is 31.8. The average Bonchev–Trinajstić information content (AvgIpc) is 3.61. The first-order valence-electron chi connectivity index (χ1n) is 18.2. The van der Waals surface area contributed by atoms with Crippen LogP contribution in [0.5, 0.6) is 0 Å². The molecule has 0 saturated heterocycles. The molecule has 5 heteroatoms. The second-order valence-corrected chi connectivity index (χ2v) is 21.5.